The fraction of sp³-hybridized carbons (Fsp3) is 0.333. The fourth-order valence-electron chi connectivity index (χ4n) is 4.18. The first-order valence-corrected chi connectivity index (χ1v) is 9.02. The number of ether oxygens (including phenoxy) is 1. The summed E-state index contributed by atoms with van der Waals surface area (Å²) in [5, 5.41) is 1.25. The number of carbonyl (C=O) groups excluding carboxylic acids is 2. The zero-order chi connectivity index (χ0) is 18.3. The van der Waals surface area contributed by atoms with Gasteiger partial charge in [-0.2, -0.15) is 0 Å². The normalized spacial score (nSPS) is 20.9. The van der Waals surface area contributed by atoms with Crippen LogP contribution < -0.4 is 0 Å². The maximum absolute atomic E-state index is 12.1. The van der Waals surface area contributed by atoms with Crippen molar-refractivity contribution in [2.75, 3.05) is 20.2 Å². The topological polar surface area (TPSA) is 62.4 Å². The Morgan fingerprint density at radius 2 is 2.19 bits per heavy atom. The van der Waals surface area contributed by atoms with Gasteiger partial charge in [0.05, 0.1) is 18.5 Å². The summed E-state index contributed by atoms with van der Waals surface area (Å²) in [6.45, 7) is 3.83. The standard InChI is InChI=1S/C21H22N2O3/c1-3-13-11-23-9-8-15-14-6-4-5-7-18(14)22-20(15)19(23)10-16(13)17(12-24)21(25)26-2/h4-7,10,12-13,22H,3,8-9,11H2,1-2H3/b17-16-/t13-/m1/s1. The summed E-state index contributed by atoms with van der Waals surface area (Å²) in [5.74, 6) is -0.421. The van der Waals surface area contributed by atoms with Crippen LogP contribution in [0.3, 0.4) is 0 Å². The van der Waals surface area contributed by atoms with Crippen molar-refractivity contribution in [2.24, 2.45) is 5.92 Å². The first-order valence-electron chi connectivity index (χ1n) is 9.02. The number of methoxy groups -OCH3 is 1. The number of aldehydes is 1. The van der Waals surface area contributed by atoms with E-state index in [2.05, 4.69) is 35.0 Å². The predicted molar refractivity (Wildman–Crippen MR) is 100 cm³/mol. The van der Waals surface area contributed by atoms with Crippen LogP contribution in [0.2, 0.25) is 0 Å². The number of allylic oxidation sites excluding steroid dienone is 1. The van der Waals surface area contributed by atoms with E-state index in [1.165, 1.54) is 18.1 Å². The predicted octanol–water partition coefficient (Wildman–Crippen LogP) is 3.08. The molecule has 1 aromatic carbocycles. The summed E-state index contributed by atoms with van der Waals surface area (Å²) in [4.78, 5) is 29.6. The van der Waals surface area contributed by atoms with Crippen molar-refractivity contribution in [3.63, 3.8) is 0 Å². The molecule has 0 unspecified atom stereocenters. The van der Waals surface area contributed by atoms with Crippen LogP contribution in [0.5, 0.6) is 0 Å². The minimum absolute atomic E-state index is 0.134. The molecule has 3 heterocycles. The second-order valence-electron chi connectivity index (χ2n) is 6.83. The quantitative estimate of drug-likeness (QED) is 0.304. The molecule has 1 N–H and O–H groups in total. The number of carbonyl (C=O) groups is 2. The van der Waals surface area contributed by atoms with Gasteiger partial charge >= 0.3 is 5.97 Å². The summed E-state index contributed by atoms with van der Waals surface area (Å²) in [5.41, 5.74) is 5.50. The number of aromatic nitrogens is 1. The van der Waals surface area contributed by atoms with Gasteiger partial charge in [0.2, 0.25) is 0 Å². The number of hydrogen-bond acceptors (Lipinski definition) is 4. The molecule has 2 aliphatic rings. The van der Waals surface area contributed by atoms with Crippen LogP contribution in [0.4, 0.5) is 0 Å². The van der Waals surface area contributed by atoms with E-state index in [1.54, 1.807) is 0 Å². The van der Waals surface area contributed by atoms with E-state index >= 15 is 0 Å². The highest BCUT2D eigenvalue weighted by Crippen LogP contribution is 2.39. The number of benzene rings is 1. The molecule has 0 fully saturated rings. The number of esters is 1. The summed E-state index contributed by atoms with van der Waals surface area (Å²) < 4.78 is 4.82. The van der Waals surface area contributed by atoms with E-state index < -0.39 is 5.97 Å². The molecule has 26 heavy (non-hydrogen) atoms. The molecule has 0 bridgehead atoms. The van der Waals surface area contributed by atoms with Gasteiger partial charge in [-0.1, -0.05) is 25.1 Å². The number of fused-ring (bicyclic) bond motifs is 5. The molecule has 1 atom stereocenters. The van der Waals surface area contributed by atoms with Gasteiger partial charge in [-0.25, -0.2) is 4.79 Å². The Labute approximate surface area is 152 Å². The van der Waals surface area contributed by atoms with Crippen molar-refractivity contribution < 1.29 is 14.3 Å². The zero-order valence-corrected chi connectivity index (χ0v) is 15.0. The lowest BCUT2D eigenvalue weighted by Crippen LogP contribution is -2.37. The highest BCUT2D eigenvalue weighted by molar-refractivity contribution is 6.09. The maximum atomic E-state index is 12.1. The van der Waals surface area contributed by atoms with Crippen molar-refractivity contribution in [2.45, 2.75) is 19.8 Å². The number of aromatic amines is 1. The molecular formula is C21H22N2O3. The van der Waals surface area contributed by atoms with Crippen LogP contribution in [0.1, 0.15) is 24.6 Å². The zero-order valence-electron chi connectivity index (χ0n) is 15.0. The Hall–Kier alpha value is -2.82. The van der Waals surface area contributed by atoms with Crippen molar-refractivity contribution in [1.29, 1.82) is 0 Å². The number of para-hydroxylation sites is 1. The second-order valence-corrected chi connectivity index (χ2v) is 6.83. The monoisotopic (exact) mass is 350 g/mol. The third-order valence-electron chi connectivity index (χ3n) is 5.54. The number of nitrogens with zero attached hydrogens (tertiary/aromatic N) is 1. The van der Waals surface area contributed by atoms with Gasteiger partial charge in [0, 0.05) is 29.9 Å². The average molecular weight is 350 g/mol. The molecule has 5 nitrogen and oxygen atoms in total. The number of H-pyrrole nitrogens is 1. The van der Waals surface area contributed by atoms with Gasteiger partial charge in [0.25, 0.3) is 0 Å². The Kier molecular flexibility index (Phi) is 4.15. The van der Waals surface area contributed by atoms with E-state index in [1.807, 2.05) is 12.1 Å². The van der Waals surface area contributed by atoms with Gasteiger partial charge in [-0.3, -0.25) is 4.79 Å². The van der Waals surface area contributed by atoms with Crippen LogP contribution in [0.25, 0.3) is 16.6 Å². The first kappa shape index (κ1) is 16.6. The van der Waals surface area contributed by atoms with Gasteiger partial charge in [0.15, 0.2) is 6.29 Å². The summed E-state index contributed by atoms with van der Waals surface area (Å²) >= 11 is 0. The van der Waals surface area contributed by atoms with Gasteiger partial charge in [-0.05, 0) is 36.1 Å². The summed E-state index contributed by atoms with van der Waals surface area (Å²) in [6, 6.07) is 8.30. The average Bonchev–Trinajstić information content (AvgIpc) is 3.07. The molecule has 134 valence electrons. The Morgan fingerprint density at radius 1 is 1.38 bits per heavy atom. The minimum atomic E-state index is -0.563. The lowest BCUT2D eigenvalue weighted by Gasteiger charge is -2.39. The van der Waals surface area contributed by atoms with Gasteiger partial charge < -0.3 is 14.6 Å². The highest BCUT2D eigenvalue weighted by atomic mass is 16.5. The van der Waals surface area contributed by atoms with Crippen molar-refractivity contribution in [1.82, 2.24) is 9.88 Å². The number of nitrogens with one attached hydrogen (secondary N) is 1. The first-order chi connectivity index (χ1) is 12.7. The largest absolute Gasteiger partial charge is 0.465 e. The Balaban J connectivity index is 1.92. The van der Waals surface area contributed by atoms with Crippen LogP contribution in [-0.2, 0) is 20.7 Å². The van der Waals surface area contributed by atoms with Gasteiger partial charge in [-0.15, -0.1) is 0 Å². The maximum Gasteiger partial charge on any atom is 0.341 e. The Morgan fingerprint density at radius 3 is 2.92 bits per heavy atom. The Bertz CT molecular complexity index is 951. The van der Waals surface area contributed by atoms with Crippen LogP contribution in [0, 0.1) is 5.92 Å². The van der Waals surface area contributed by atoms with Crippen molar-refractivity contribution >= 4 is 28.9 Å². The second kappa shape index (κ2) is 6.48. The third kappa shape index (κ3) is 2.46. The van der Waals surface area contributed by atoms with Crippen molar-refractivity contribution in [3.8, 4) is 0 Å². The molecule has 2 aliphatic heterocycles. The molecule has 0 saturated heterocycles. The lowest BCUT2D eigenvalue weighted by atomic mass is 9.85. The molecule has 0 amide bonds. The fourth-order valence-corrected chi connectivity index (χ4v) is 4.18. The molecule has 4 rings (SSSR count). The SMILES string of the molecule is CC[C@@H]1CN2CCc3c([nH]c4ccccc34)C2=C/C1=C(\C=O)C(=O)OC. The summed E-state index contributed by atoms with van der Waals surface area (Å²) in [6.07, 6.45) is 4.49. The molecule has 0 radical (unpaired) electrons. The third-order valence-corrected chi connectivity index (χ3v) is 5.54. The van der Waals surface area contributed by atoms with Crippen LogP contribution in [0.15, 0.2) is 41.5 Å². The van der Waals surface area contributed by atoms with Crippen molar-refractivity contribution in [3.05, 3.63) is 52.7 Å². The highest BCUT2D eigenvalue weighted by Gasteiger charge is 2.33. The number of hydrogen-bond donors (Lipinski definition) is 1. The van der Waals surface area contributed by atoms with Gasteiger partial charge in [0.1, 0.15) is 5.57 Å². The molecular weight excluding hydrogens is 328 g/mol. The van der Waals surface area contributed by atoms with E-state index in [0.717, 1.165) is 48.4 Å². The molecule has 0 spiro atoms. The smallest absolute Gasteiger partial charge is 0.341 e. The molecule has 0 aliphatic carbocycles. The molecule has 1 aromatic heterocycles. The molecule has 5 heteroatoms. The van der Waals surface area contributed by atoms with E-state index in [0.29, 0.717) is 6.29 Å². The summed E-state index contributed by atoms with van der Waals surface area (Å²) in [7, 11) is 1.31. The molecule has 0 saturated carbocycles. The lowest BCUT2D eigenvalue weighted by molar-refractivity contribution is -0.136. The van der Waals surface area contributed by atoms with E-state index in [9.17, 15) is 9.59 Å². The van der Waals surface area contributed by atoms with E-state index in [-0.39, 0.29) is 11.5 Å². The van der Waals surface area contributed by atoms with E-state index in [4.69, 9.17) is 4.74 Å². The number of rotatable bonds is 3. The minimum Gasteiger partial charge on any atom is -0.465 e. The molecule has 2 aromatic rings. The van der Waals surface area contributed by atoms with Crippen LogP contribution >= 0.6 is 0 Å². The van der Waals surface area contributed by atoms with Crippen LogP contribution in [-0.4, -0.2) is 42.3 Å².